The number of carbonyl (C=O) groups is 1. The van der Waals surface area contributed by atoms with E-state index in [9.17, 15) is 4.79 Å². The molecule has 0 unspecified atom stereocenters. The van der Waals surface area contributed by atoms with Gasteiger partial charge in [0.05, 0.1) is 0 Å². The second-order valence-electron chi connectivity index (χ2n) is 6.95. The third-order valence-electron chi connectivity index (χ3n) is 4.18. The highest BCUT2D eigenvalue weighted by Crippen LogP contribution is 2.22. The lowest BCUT2D eigenvalue weighted by Crippen LogP contribution is -2.48. The molecule has 1 saturated heterocycles. The normalized spacial score (nSPS) is 16.4. The second kappa shape index (κ2) is 6.38. The molecule has 1 amide bonds. The Hall–Kier alpha value is -2.04. The molecule has 0 radical (unpaired) electrons. The van der Waals surface area contributed by atoms with Gasteiger partial charge in [0.1, 0.15) is 0 Å². The Bertz CT molecular complexity index is 537. The topological polar surface area (TPSA) is 82.2 Å². The molecule has 5 heteroatoms. The van der Waals surface area contributed by atoms with Gasteiger partial charge in [-0.1, -0.05) is 32.9 Å². The first-order valence-corrected chi connectivity index (χ1v) is 7.78. The molecule has 0 saturated carbocycles. The van der Waals surface area contributed by atoms with Gasteiger partial charge in [0.15, 0.2) is 5.96 Å². The van der Waals surface area contributed by atoms with Gasteiger partial charge in [-0.3, -0.25) is 10.2 Å². The molecule has 4 N–H and O–H groups in total. The lowest BCUT2D eigenvalue weighted by molar-refractivity contribution is 0.0922. The molecule has 0 atom stereocenters. The van der Waals surface area contributed by atoms with Crippen LogP contribution in [0.4, 0.5) is 0 Å². The van der Waals surface area contributed by atoms with Crippen LogP contribution < -0.4 is 11.1 Å². The first-order valence-electron chi connectivity index (χ1n) is 7.78. The maximum atomic E-state index is 12.3. The van der Waals surface area contributed by atoms with Crippen molar-refractivity contribution >= 4 is 11.9 Å². The molecule has 0 aliphatic carbocycles. The van der Waals surface area contributed by atoms with Crippen LogP contribution in [0.25, 0.3) is 0 Å². The van der Waals surface area contributed by atoms with E-state index in [-0.39, 0.29) is 23.3 Å². The van der Waals surface area contributed by atoms with Gasteiger partial charge in [0.25, 0.3) is 5.91 Å². The number of piperidine rings is 1. The second-order valence-corrected chi connectivity index (χ2v) is 6.95. The number of nitrogens with one attached hydrogen (secondary N) is 2. The van der Waals surface area contributed by atoms with Crippen molar-refractivity contribution in [2.45, 2.75) is 45.1 Å². The molecule has 1 aromatic carbocycles. The highest BCUT2D eigenvalue weighted by atomic mass is 16.1. The van der Waals surface area contributed by atoms with Crippen LogP contribution in [0.5, 0.6) is 0 Å². The zero-order valence-corrected chi connectivity index (χ0v) is 13.6. The molecular weight excluding hydrogens is 276 g/mol. The molecule has 0 aromatic heterocycles. The van der Waals surface area contributed by atoms with Gasteiger partial charge in [0, 0.05) is 24.7 Å². The molecule has 1 aromatic rings. The quantitative estimate of drug-likeness (QED) is 0.578. The number of hydrogen-bond acceptors (Lipinski definition) is 2. The predicted molar refractivity (Wildman–Crippen MR) is 89.1 cm³/mol. The number of benzene rings is 1. The van der Waals surface area contributed by atoms with Gasteiger partial charge in [-0.05, 0) is 36.0 Å². The number of guanidine groups is 1. The fourth-order valence-electron chi connectivity index (χ4n) is 2.66. The first kappa shape index (κ1) is 16.3. The molecule has 5 nitrogen and oxygen atoms in total. The average Bonchev–Trinajstić information content (AvgIpc) is 2.47. The van der Waals surface area contributed by atoms with Crippen molar-refractivity contribution in [2.75, 3.05) is 13.1 Å². The minimum absolute atomic E-state index is 0.0262. The van der Waals surface area contributed by atoms with Crippen LogP contribution in [-0.4, -0.2) is 35.9 Å². The van der Waals surface area contributed by atoms with E-state index in [4.69, 9.17) is 11.1 Å². The smallest absolute Gasteiger partial charge is 0.251 e. The van der Waals surface area contributed by atoms with Crippen molar-refractivity contribution in [3.8, 4) is 0 Å². The van der Waals surface area contributed by atoms with Gasteiger partial charge < -0.3 is 16.0 Å². The molecule has 1 heterocycles. The summed E-state index contributed by atoms with van der Waals surface area (Å²) >= 11 is 0. The standard InChI is InChI=1S/C17H26N4O/c1-17(2,3)13-6-4-12(5-7-13)15(22)20-14-8-10-21(11-9-14)16(18)19/h4-7,14H,8-11H2,1-3H3,(H3,18,19)(H,20,22). The van der Waals surface area contributed by atoms with Gasteiger partial charge in [-0.25, -0.2) is 0 Å². The number of hydrogen-bond donors (Lipinski definition) is 3. The Kier molecular flexibility index (Phi) is 4.74. The molecule has 120 valence electrons. The van der Waals surface area contributed by atoms with Crippen molar-refractivity contribution in [1.29, 1.82) is 5.41 Å². The maximum Gasteiger partial charge on any atom is 0.251 e. The number of nitrogens with zero attached hydrogens (tertiary/aromatic N) is 1. The summed E-state index contributed by atoms with van der Waals surface area (Å²) < 4.78 is 0. The minimum Gasteiger partial charge on any atom is -0.370 e. The molecule has 1 aliphatic heterocycles. The molecule has 0 bridgehead atoms. The largest absolute Gasteiger partial charge is 0.370 e. The summed E-state index contributed by atoms with van der Waals surface area (Å²) in [7, 11) is 0. The van der Waals surface area contributed by atoms with Crippen LogP contribution in [0.2, 0.25) is 0 Å². The number of nitrogens with two attached hydrogens (primary N) is 1. The highest BCUT2D eigenvalue weighted by molar-refractivity contribution is 5.94. The van der Waals surface area contributed by atoms with Crippen LogP contribution >= 0.6 is 0 Å². The monoisotopic (exact) mass is 302 g/mol. The minimum atomic E-state index is -0.0262. The van der Waals surface area contributed by atoms with Crippen molar-refractivity contribution in [3.63, 3.8) is 0 Å². The summed E-state index contributed by atoms with van der Waals surface area (Å²) in [6.07, 6.45) is 1.65. The third-order valence-corrected chi connectivity index (χ3v) is 4.18. The first-order chi connectivity index (χ1) is 10.3. The zero-order valence-electron chi connectivity index (χ0n) is 13.6. The van der Waals surface area contributed by atoms with E-state index in [1.165, 1.54) is 5.56 Å². The van der Waals surface area contributed by atoms with Crippen LogP contribution in [0, 0.1) is 5.41 Å². The molecule has 2 rings (SSSR count). The lowest BCUT2D eigenvalue weighted by atomic mass is 9.86. The Morgan fingerprint density at radius 1 is 1.23 bits per heavy atom. The lowest BCUT2D eigenvalue weighted by Gasteiger charge is -2.32. The SMILES string of the molecule is CC(C)(C)c1ccc(C(=O)NC2CCN(C(=N)N)CC2)cc1. The van der Waals surface area contributed by atoms with Crippen molar-refractivity contribution in [1.82, 2.24) is 10.2 Å². The van der Waals surface area contributed by atoms with Crippen LogP contribution in [-0.2, 0) is 5.41 Å². The zero-order chi connectivity index (χ0) is 16.3. The highest BCUT2D eigenvalue weighted by Gasteiger charge is 2.22. The summed E-state index contributed by atoms with van der Waals surface area (Å²) in [6, 6.07) is 7.98. The van der Waals surface area contributed by atoms with E-state index in [1.54, 1.807) is 0 Å². The Morgan fingerprint density at radius 2 is 1.77 bits per heavy atom. The van der Waals surface area contributed by atoms with E-state index in [0.29, 0.717) is 5.56 Å². The van der Waals surface area contributed by atoms with Gasteiger partial charge in [-0.2, -0.15) is 0 Å². The van der Waals surface area contributed by atoms with E-state index in [2.05, 4.69) is 26.1 Å². The summed E-state index contributed by atoms with van der Waals surface area (Å²) in [4.78, 5) is 14.1. The molecular formula is C17H26N4O. The molecule has 22 heavy (non-hydrogen) atoms. The molecule has 1 aliphatic rings. The van der Waals surface area contributed by atoms with Crippen molar-refractivity contribution in [3.05, 3.63) is 35.4 Å². The number of carbonyl (C=O) groups excluding carboxylic acids is 1. The average molecular weight is 302 g/mol. The molecule has 0 spiro atoms. The summed E-state index contributed by atoms with van der Waals surface area (Å²) in [6.45, 7) is 7.92. The van der Waals surface area contributed by atoms with Crippen LogP contribution in [0.1, 0.15) is 49.5 Å². The summed E-state index contributed by atoms with van der Waals surface area (Å²) in [5.41, 5.74) is 7.49. The fraction of sp³-hybridized carbons (Fsp3) is 0.529. The van der Waals surface area contributed by atoms with Gasteiger partial charge >= 0.3 is 0 Å². The summed E-state index contributed by atoms with van der Waals surface area (Å²) in [5, 5.41) is 10.5. The molecule has 1 fully saturated rings. The number of likely N-dealkylation sites (tertiary alicyclic amines) is 1. The Morgan fingerprint density at radius 3 is 2.23 bits per heavy atom. The van der Waals surface area contributed by atoms with E-state index >= 15 is 0 Å². The van der Waals surface area contributed by atoms with Gasteiger partial charge in [0.2, 0.25) is 0 Å². The van der Waals surface area contributed by atoms with E-state index in [0.717, 1.165) is 25.9 Å². The Labute approximate surface area is 132 Å². The van der Waals surface area contributed by atoms with Gasteiger partial charge in [-0.15, -0.1) is 0 Å². The Balaban J connectivity index is 1.92. The van der Waals surface area contributed by atoms with E-state index in [1.807, 2.05) is 29.2 Å². The van der Waals surface area contributed by atoms with E-state index < -0.39 is 0 Å². The third kappa shape index (κ3) is 4.00. The van der Waals surface area contributed by atoms with Crippen molar-refractivity contribution in [2.24, 2.45) is 5.73 Å². The summed E-state index contributed by atoms with van der Waals surface area (Å²) in [5.74, 6) is 0.0873. The van der Waals surface area contributed by atoms with Crippen LogP contribution in [0.3, 0.4) is 0 Å². The maximum absolute atomic E-state index is 12.3. The fourth-order valence-corrected chi connectivity index (χ4v) is 2.66. The van der Waals surface area contributed by atoms with Crippen molar-refractivity contribution < 1.29 is 4.79 Å². The number of rotatable bonds is 2. The van der Waals surface area contributed by atoms with Crippen LogP contribution in [0.15, 0.2) is 24.3 Å². The number of amides is 1. The predicted octanol–water partition coefficient (Wildman–Crippen LogP) is 2.07.